The fourth-order valence-corrected chi connectivity index (χ4v) is 5.19. The van der Waals surface area contributed by atoms with E-state index in [0.717, 1.165) is 29.2 Å². The van der Waals surface area contributed by atoms with Gasteiger partial charge in [0.2, 0.25) is 11.7 Å². The number of imidazole rings is 2. The van der Waals surface area contributed by atoms with Crippen LogP contribution in [0.15, 0.2) is 89.7 Å². The molecule has 0 spiro atoms. The number of hydrogen-bond donors (Lipinski definition) is 1. The summed E-state index contributed by atoms with van der Waals surface area (Å²) >= 11 is 0. The Morgan fingerprint density at radius 3 is 2.08 bits per heavy atom. The van der Waals surface area contributed by atoms with Gasteiger partial charge in [-0.3, -0.25) is 4.98 Å². The highest BCUT2D eigenvalue weighted by atomic mass is 19.4. The molecule has 260 valence electrons. The Bertz CT molecular complexity index is 2160. The van der Waals surface area contributed by atoms with Crippen LogP contribution in [0.5, 0.6) is 0 Å². The van der Waals surface area contributed by atoms with E-state index in [0.29, 0.717) is 34.5 Å². The lowest BCUT2D eigenvalue weighted by atomic mass is 10.0. The van der Waals surface area contributed by atoms with Crippen molar-refractivity contribution in [1.29, 1.82) is 0 Å². The number of fused-ring (bicyclic) bond motifs is 2. The van der Waals surface area contributed by atoms with Gasteiger partial charge in [-0.2, -0.15) is 18.2 Å². The molecule has 0 atom stereocenters. The molecule has 0 unspecified atom stereocenters. The number of aryl methyl sites for hydroxylation is 2. The molecule has 1 N–H and O–H groups in total. The van der Waals surface area contributed by atoms with Crippen LogP contribution in [0.4, 0.5) is 13.2 Å². The summed E-state index contributed by atoms with van der Waals surface area (Å²) in [5, 5.41) is 3.86. The van der Waals surface area contributed by atoms with Crippen molar-refractivity contribution in [1.82, 2.24) is 34.5 Å². The van der Waals surface area contributed by atoms with Crippen LogP contribution in [0.25, 0.3) is 39.5 Å². The third kappa shape index (κ3) is 8.45. The summed E-state index contributed by atoms with van der Waals surface area (Å²) in [6.45, 7) is 16.6. The van der Waals surface area contributed by atoms with Gasteiger partial charge in [-0.05, 0) is 61.7 Å². The minimum atomic E-state index is -4.31. The maximum Gasteiger partial charge on any atom is 0.416 e. The molecule has 2 aromatic carbocycles. The van der Waals surface area contributed by atoms with Crippen LogP contribution in [0.1, 0.15) is 93.4 Å². The lowest BCUT2D eigenvalue weighted by Gasteiger charge is -2.09. The number of nitrogens with zero attached hydrogens (tertiary/aromatic N) is 6. The van der Waals surface area contributed by atoms with Crippen LogP contribution in [-0.2, 0) is 6.18 Å². The standard InChI is InChI=1S/C18H20N2.C11H11F3N2.C10H11N3O/c1-12(2)18-17(15-8-5-13(3)6-9-15)19-16-10-7-14(4)11-20(16)18;1-6(2)10-15-8-4-3-7(11(12,13)14)5-9(8)16-10;1-7(2)10-12-9(13-14-10)8-5-3-4-6-11-8/h5-12H,1-4H3;3-6H,1-2H3,(H,15,16);3-7H,1-2H3. The second-order valence-electron chi connectivity index (χ2n) is 13.1. The average molecular weight is 682 g/mol. The Balaban J connectivity index is 0.000000148. The molecule has 5 heterocycles. The number of aromatic amines is 1. The van der Waals surface area contributed by atoms with Gasteiger partial charge in [0, 0.05) is 29.8 Å². The Kier molecular flexibility index (Phi) is 10.8. The van der Waals surface area contributed by atoms with Crippen LogP contribution in [0.3, 0.4) is 0 Å². The Morgan fingerprint density at radius 2 is 1.48 bits per heavy atom. The molecule has 8 nitrogen and oxygen atoms in total. The van der Waals surface area contributed by atoms with Crippen LogP contribution in [0, 0.1) is 13.8 Å². The molecule has 0 aliphatic carbocycles. The van der Waals surface area contributed by atoms with Crippen molar-refractivity contribution in [3.05, 3.63) is 119 Å². The number of nitrogens with one attached hydrogen (secondary N) is 1. The van der Waals surface area contributed by atoms with E-state index in [-0.39, 0.29) is 11.8 Å². The second-order valence-corrected chi connectivity index (χ2v) is 13.1. The maximum atomic E-state index is 12.4. The highest BCUT2D eigenvalue weighted by molar-refractivity contribution is 5.76. The minimum Gasteiger partial charge on any atom is -0.342 e. The first-order valence-corrected chi connectivity index (χ1v) is 16.6. The molecule has 50 heavy (non-hydrogen) atoms. The van der Waals surface area contributed by atoms with Gasteiger partial charge >= 0.3 is 6.18 Å². The number of pyridine rings is 2. The topological polar surface area (TPSA) is 97.8 Å². The molecule has 5 aromatic heterocycles. The minimum absolute atomic E-state index is 0.168. The maximum absolute atomic E-state index is 12.4. The molecule has 0 saturated heterocycles. The number of benzene rings is 2. The van der Waals surface area contributed by atoms with Crippen LogP contribution in [0.2, 0.25) is 0 Å². The van der Waals surface area contributed by atoms with Gasteiger partial charge in [-0.15, -0.1) is 0 Å². The Hall–Kier alpha value is -5.32. The quantitative estimate of drug-likeness (QED) is 0.194. The summed E-state index contributed by atoms with van der Waals surface area (Å²) in [5.41, 5.74) is 8.22. The van der Waals surface area contributed by atoms with Crippen molar-refractivity contribution >= 4 is 16.7 Å². The molecular formula is C39H42F3N7O. The third-order valence-corrected chi connectivity index (χ3v) is 7.88. The van der Waals surface area contributed by atoms with Crippen LogP contribution in [-0.4, -0.2) is 34.5 Å². The van der Waals surface area contributed by atoms with E-state index in [1.165, 1.54) is 28.5 Å². The van der Waals surface area contributed by atoms with E-state index in [1.807, 2.05) is 45.9 Å². The van der Waals surface area contributed by atoms with Gasteiger partial charge in [0.25, 0.3) is 0 Å². The molecule has 0 amide bonds. The fraction of sp³-hybridized carbons (Fsp3) is 0.308. The van der Waals surface area contributed by atoms with E-state index < -0.39 is 11.7 Å². The first kappa shape index (κ1) is 36.0. The average Bonchev–Trinajstić information content (AvgIpc) is 3.83. The summed E-state index contributed by atoms with van der Waals surface area (Å²) in [4.78, 5) is 20.3. The highest BCUT2D eigenvalue weighted by Crippen LogP contribution is 2.32. The van der Waals surface area contributed by atoms with E-state index >= 15 is 0 Å². The molecular weight excluding hydrogens is 639 g/mol. The fourth-order valence-electron chi connectivity index (χ4n) is 5.19. The number of H-pyrrole nitrogens is 1. The lowest BCUT2D eigenvalue weighted by molar-refractivity contribution is -0.137. The van der Waals surface area contributed by atoms with Crippen LogP contribution < -0.4 is 0 Å². The first-order chi connectivity index (χ1) is 23.7. The molecule has 0 saturated carbocycles. The highest BCUT2D eigenvalue weighted by Gasteiger charge is 2.30. The van der Waals surface area contributed by atoms with Crippen LogP contribution >= 0.6 is 0 Å². The molecule has 0 aliphatic rings. The second kappa shape index (κ2) is 15.1. The smallest absolute Gasteiger partial charge is 0.342 e. The zero-order chi connectivity index (χ0) is 36.2. The summed E-state index contributed by atoms with van der Waals surface area (Å²) in [7, 11) is 0. The monoisotopic (exact) mass is 681 g/mol. The zero-order valence-corrected chi connectivity index (χ0v) is 29.5. The molecule has 0 fully saturated rings. The predicted octanol–water partition coefficient (Wildman–Crippen LogP) is 10.7. The van der Waals surface area contributed by atoms with E-state index in [2.05, 4.69) is 99.8 Å². The lowest BCUT2D eigenvalue weighted by Crippen LogP contribution is -2.04. The van der Waals surface area contributed by atoms with Crippen molar-refractivity contribution in [3.8, 4) is 22.8 Å². The molecule has 11 heteroatoms. The molecule has 7 rings (SSSR count). The molecule has 7 aromatic rings. The third-order valence-electron chi connectivity index (χ3n) is 7.88. The summed E-state index contributed by atoms with van der Waals surface area (Å²) in [6.07, 6.45) is -0.423. The van der Waals surface area contributed by atoms with Gasteiger partial charge in [-0.1, -0.05) is 88.7 Å². The van der Waals surface area contributed by atoms with Gasteiger partial charge in [0.1, 0.15) is 17.2 Å². The zero-order valence-electron chi connectivity index (χ0n) is 29.5. The summed E-state index contributed by atoms with van der Waals surface area (Å²) in [5.74, 6) is 2.75. The van der Waals surface area contributed by atoms with Crippen molar-refractivity contribution in [3.63, 3.8) is 0 Å². The molecule has 0 aliphatic heterocycles. The largest absolute Gasteiger partial charge is 0.416 e. The number of halogens is 3. The number of aromatic nitrogens is 7. The van der Waals surface area contributed by atoms with Gasteiger partial charge in [0.05, 0.1) is 28.0 Å². The SMILES string of the molecule is CC(C)c1nc(-c2ccccn2)no1.CC(C)c1nc2ccc(C(F)(F)F)cc2[nH]1.Cc1ccc(-c2nc3ccc(C)cn3c2C(C)C)cc1. The van der Waals surface area contributed by atoms with E-state index in [1.54, 1.807) is 6.20 Å². The Labute approximate surface area is 289 Å². The number of hydrogen-bond acceptors (Lipinski definition) is 6. The van der Waals surface area contributed by atoms with Crippen molar-refractivity contribution < 1.29 is 17.7 Å². The molecule has 0 radical (unpaired) electrons. The van der Waals surface area contributed by atoms with Crippen molar-refractivity contribution in [2.24, 2.45) is 0 Å². The van der Waals surface area contributed by atoms with Gasteiger partial charge < -0.3 is 13.9 Å². The van der Waals surface area contributed by atoms with Crippen molar-refractivity contribution in [2.75, 3.05) is 0 Å². The number of alkyl halides is 3. The normalized spacial score (nSPS) is 11.6. The predicted molar refractivity (Wildman–Crippen MR) is 191 cm³/mol. The van der Waals surface area contributed by atoms with Gasteiger partial charge in [-0.25, -0.2) is 9.97 Å². The Morgan fingerprint density at radius 1 is 0.760 bits per heavy atom. The molecule has 0 bridgehead atoms. The first-order valence-electron chi connectivity index (χ1n) is 16.6. The van der Waals surface area contributed by atoms with Gasteiger partial charge in [0.15, 0.2) is 0 Å². The van der Waals surface area contributed by atoms with Crippen molar-refractivity contribution in [2.45, 2.75) is 79.3 Å². The van der Waals surface area contributed by atoms with E-state index in [4.69, 9.17) is 9.51 Å². The number of rotatable bonds is 5. The summed E-state index contributed by atoms with van der Waals surface area (Å²) in [6, 6.07) is 22.0. The summed E-state index contributed by atoms with van der Waals surface area (Å²) < 4.78 is 44.7. The van der Waals surface area contributed by atoms with E-state index in [9.17, 15) is 13.2 Å².